The van der Waals surface area contributed by atoms with Gasteiger partial charge in [0.2, 0.25) is 0 Å². The number of thiophene rings is 1. The fraction of sp³-hybridized carbons (Fsp3) is 0.235. The second-order valence-electron chi connectivity index (χ2n) is 5.44. The number of likely N-dealkylation sites (tertiary alicyclic amines) is 1. The van der Waals surface area contributed by atoms with Gasteiger partial charge in [0, 0.05) is 12.1 Å². The summed E-state index contributed by atoms with van der Waals surface area (Å²) >= 11 is 1.35. The smallest absolute Gasteiger partial charge is 0.269 e. The highest BCUT2D eigenvalue weighted by atomic mass is 32.1. The molecule has 0 aliphatic carbocycles. The molecule has 0 saturated carbocycles. The molecule has 0 unspecified atom stereocenters. The average molecular weight is 343 g/mol. The van der Waals surface area contributed by atoms with E-state index in [1.54, 1.807) is 35.2 Å². The molecule has 2 heterocycles. The van der Waals surface area contributed by atoms with Crippen LogP contribution in [0.5, 0.6) is 0 Å². The quantitative estimate of drug-likeness (QED) is 0.835. The van der Waals surface area contributed by atoms with Crippen LogP contribution in [0, 0.1) is 0 Å². The summed E-state index contributed by atoms with van der Waals surface area (Å²) in [6.07, 6.45) is 1.35. The number of carbonyl (C=O) groups is 3. The molecule has 1 aliphatic rings. The monoisotopic (exact) mass is 343 g/mol. The number of nitrogens with zero attached hydrogens (tertiary/aromatic N) is 1. The normalized spacial score (nSPS) is 16.7. The van der Waals surface area contributed by atoms with Gasteiger partial charge in [0.1, 0.15) is 6.04 Å². The van der Waals surface area contributed by atoms with Crippen molar-refractivity contribution in [1.82, 2.24) is 15.8 Å². The van der Waals surface area contributed by atoms with E-state index >= 15 is 0 Å². The molecule has 1 atom stereocenters. The van der Waals surface area contributed by atoms with Crippen LogP contribution in [0.3, 0.4) is 0 Å². The number of carbonyl (C=O) groups excluding carboxylic acids is 3. The summed E-state index contributed by atoms with van der Waals surface area (Å²) in [5.41, 5.74) is 5.27. The Balaban J connectivity index is 1.60. The van der Waals surface area contributed by atoms with Crippen molar-refractivity contribution in [2.75, 3.05) is 6.54 Å². The van der Waals surface area contributed by atoms with Gasteiger partial charge in [0.05, 0.1) is 4.88 Å². The van der Waals surface area contributed by atoms with Gasteiger partial charge in [-0.2, -0.15) is 0 Å². The van der Waals surface area contributed by atoms with Crippen LogP contribution in [-0.4, -0.2) is 35.2 Å². The third-order valence-corrected chi connectivity index (χ3v) is 4.74. The van der Waals surface area contributed by atoms with Crippen LogP contribution in [-0.2, 0) is 4.79 Å². The summed E-state index contributed by atoms with van der Waals surface area (Å²) in [6, 6.07) is 11.6. The molecule has 1 aliphatic heterocycles. The largest absolute Gasteiger partial charge is 0.326 e. The lowest BCUT2D eigenvalue weighted by atomic mass is 10.2. The van der Waals surface area contributed by atoms with Crippen LogP contribution in [0.25, 0.3) is 0 Å². The molecule has 0 bridgehead atoms. The van der Waals surface area contributed by atoms with Crippen molar-refractivity contribution in [1.29, 1.82) is 0 Å². The summed E-state index contributed by atoms with van der Waals surface area (Å²) in [4.78, 5) is 38.9. The Morgan fingerprint density at radius 3 is 2.54 bits per heavy atom. The van der Waals surface area contributed by atoms with Gasteiger partial charge in [-0.05, 0) is 36.4 Å². The predicted octanol–water partition coefficient (Wildman–Crippen LogP) is 1.81. The Labute approximate surface area is 143 Å². The summed E-state index contributed by atoms with van der Waals surface area (Å²) in [5.74, 6) is -0.906. The van der Waals surface area contributed by atoms with E-state index in [0.29, 0.717) is 23.4 Å². The summed E-state index contributed by atoms with van der Waals surface area (Å²) in [5, 5.41) is 1.83. The number of hydrogen-bond donors (Lipinski definition) is 2. The third kappa shape index (κ3) is 3.46. The van der Waals surface area contributed by atoms with Crippen LogP contribution in [0.1, 0.15) is 32.9 Å². The van der Waals surface area contributed by atoms with E-state index in [4.69, 9.17) is 0 Å². The summed E-state index contributed by atoms with van der Waals surface area (Å²) < 4.78 is 0. The Hall–Kier alpha value is -2.67. The van der Waals surface area contributed by atoms with Gasteiger partial charge in [0.25, 0.3) is 17.7 Å². The zero-order valence-electron chi connectivity index (χ0n) is 12.9. The van der Waals surface area contributed by atoms with Crippen molar-refractivity contribution in [2.24, 2.45) is 0 Å². The first kappa shape index (κ1) is 16.2. The van der Waals surface area contributed by atoms with Gasteiger partial charge < -0.3 is 4.90 Å². The van der Waals surface area contributed by atoms with E-state index in [-0.39, 0.29) is 11.8 Å². The maximum atomic E-state index is 12.5. The molecule has 1 aromatic heterocycles. The van der Waals surface area contributed by atoms with Gasteiger partial charge in [-0.3, -0.25) is 25.2 Å². The van der Waals surface area contributed by atoms with E-state index in [2.05, 4.69) is 10.9 Å². The van der Waals surface area contributed by atoms with Crippen molar-refractivity contribution in [3.63, 3.8) is 0 Å². The second kappa shape index (κ2) is 7.27. The molecule has 124 valence electrons. The minimum atomic E-state index is -0.560. The summed E-state index contributed by atoms with van der Waals surface area (Å²) in [7, 11) is 0. The zero-order valence-corrected chi connectivity index (χ0v) is 13.7. The SMILES string of the molecule is O=C(NNC(=O)[C@H]1CCCN1C(=O)c1cccs1)c1ccccc1. The minimum absolute atomic E-state index is 0.142. The standard InChI is InChI=1S/C17H17N3O3S/c21-15(12-6-2-1-3-7-12)18-19-16(22)13-8-4-10-20(13)17(23)14-9-5-11-24-14/h1-3,5-7,9,11,13H,4,8,10H2,(H,18,21)(H,19,22)/t13-/m1/s1. The van der Waals surface area contributed by atoms with Gasteiger partial charge in [-0.25, -0.2) is 0 Å². The van der Waals surface area contributed by atoms with E-state index in [9.17, 15) is 14.4 Å². The maximum Gasteiger partial charge on any atom is 0.269 e. The molecule has 3 amide bonds. The van der Waals surface area contributed by atoms with Gasteiger partial charge in [-0.15, -0.1) is 11.3 Å². The predicted molar refractivity (Wildman–Crippen MR) is 90.4 cm³/mol. The fourth-order valence-corrected chi connectivity index (χ4v) is 3.37. The minimum Gasteiger partial charge on any atom is -0.326 e. The van der Waals surface area contributed by atoms with Crippen LogP contribution >= 0.6 is 11.3 Å². The van der Waals surface area contributed by atoms with Crippen molar-refractivity contribution < 1.29 is 14.4 Å². The number of benzene rings is 1. The van der Waals surface area contributed by atoms with Crippen molar-refractivity contribution in [2.45, 2.75) is 18.9 Å². The van der Waals surface area contributed by atoms with Crippen molar-refractivity contribution in [3.05, 3.63) is 58.3 Å². The molecule has 1 saturated heterocycles. The first-order valence-electron chi connectivity index (χ1n) is 7.66. The molecule has 3 rings (SSSR count). The van der Waals surface area contributed by atoms with E-state index in [1.807, 2.05) is 17.5 Å². The molecule has 7 heteroatoms. The maximum absolute atomic E-state index is 12.5. The molecule has 24 heavy (non-hydrogen) atoms. The molecule has 1 aromatic carbocycles. The highest BCUT2D eigenvalue weighted by molar-refractivity contribution is 7.12. The Morgan fingerprint density at radius 1 is 1.04 bits per heavy atom. The zero-order chi connectivity index (χ0) is 16.9. The van der Waals surface area contributed by atoms with Crippen molar-refractivity contribution in [3.8, 4) is 0 Å². The molecule has 6 nitrogen and oxygen atoms in total. The van der Waals surface area contributed by atoms with Crippen LogP contribution in [0.15, 0.2) is 47.8 Å². The fourth-order valence-electron chi connectivity index (χ4n) is 2.69. The summed E-state index contributed by atoms with van der Waals surface area (Å²) in [6.45, 7) is 0.543. The van der Waals surface area contributed by atoms with Crippen molar-refractivity contribution >= 4 is 29.1 Å². The molecule has 2 N–H and O–H groups in total. The van der Waals surface area contributed by atoms with E-state index in [1.165, 1.54) is 11.3 Å². The average Bonchev–Trinajstić information content (AvgIpc) is 3.31. The topological polar surface area (TPSA) is 78.5 Å². The van der Waals surface area contributed by atoms with Crippen LogP contribution in [0.4, 0.5) is 0 Å². The number of rotatable bonds is 3. The van der Waals surface area contributed by atoms with Crippen LogP contribution < -0.4 is 10.9 Å². The van der Waals surface area contributed by atoms with Gasteiger partial charge in [-0.1, -0.05) is 24.3 Å². The lowest BCUT2D eigenvalue weighted by Gasteiger charge is -2.23. The van der Waals surface area contributed by atoms with Gasteiger partial charge in [0.15, 0.2) is 0 Å². The highest BCUT2D eigenvalue weighted by Crippen LogP contribution is 2.22. The Kier molecular flexibility index (Phi) is 4.90. The lowest BCUT2D eigenvalue weighted by Crippen LogP contribution is -2.51. The molecule has 1 fully saturated rings. The number of amides is 3. The first-order valence-corrected chi connectivity index (χ1v) is 8.54. The highest BCUT2D eigenvalue weighted by Gasteiger charge is 2.35. The lowest BCUT2D eigenvalue weighted by molar-refractivity contribution is -0.125. The molecule has 0 radical (unpaired) electrons. The number of hydrogen-bond acceptors (Lipinski definition) is 4. The van der Waals surface area contributed by atoms with E-state index in [0.717, 1.165) is 6.42 Å². The molecular weight excluding hydrogens is 326 g/mol. The van der Waals surface area contributed by atoms with Crippen LogP contribution in [0.2, 0.25) is 0 Å². The Morgan fingerprint density at radius 2 is 1.83 bits per heavy atom. The van der Waals surface area contributed by atoms with Gasteiger partial charge >= 0.3 is 0 Å². The second-order valence-corrected chi connectivity index (χ2v) is 6.39. The molecule has 0 spiro atoms. The first-order chi connectivity index (χ1) is 11.7. The number of nitrogens with one attached hydrogen (secondary N) is 2. The van der Waals surface area contributed by atoms with E-state index < -0.39 is 11.9 Å². The third-order valence-electron chi connectivity index (χ3n) is 3.88. The Bertz CT molecular complexity index is 731. The molecule has 2 aromatic rings. The molecular formula is C17H17N3O3S. The number of hydrazine groups is 1.